The van der Waals surface area contributed by atoms with Crippen LogP contribution in [0.1, 0.15) is 39.5 Å². The number of carbonyl (C=O) groups is 1. The molecule has 0 spiro atoms. The molecule has 1 amide bonds. The van der Waals surface area contributed by atoms with Crippen LogP contribution in [-0.2, 0) is 4.79 Å². The predicted octanol–water partition coefficient (Wildman–Crippen LogP) is 1.03. The summed E-state index contributed by atoms with van der Waals surface area (Å²) in [5.74, 6) is 0.326. The quantitative estimate of drug-likeness (QED) is 0.782. The molecule has 1 N–H and O–H groups in total. The van der Waals surface area contributed by atoms with Gasteiger partial charge < -0.3 is 10.2 Å². The molecule has 2 aliphatic rings. The van der Waals surface area contributed by atoms with Crippen molar-refractivity contribution in [2.24, 2.45) is 0 Å². The van der Waals surface area contributed by atoms with Crippen molar-refractivity contribution in [2.75, 3.05) is 26.2 Å². The second-order valence-corrected chi connectivity index (χ2v) is 5.40. The van der Waals surface area contributed by atoms with E-state index in [1.165, 1.54) is 12.8 Å². The van der Waals surface area contributed by atoms with Gasteiger partial charge in [-0.25, -0.2) is 0 Å². The number of nitrogens with one attached hydrogen (secondary N) is 1. The number of likely N-dealkylation sites (tertiary alicyclic amines) is 1. The van der Waals surface area contributed by atoms with Gasteiger partial charge in [0.15, 0.2) is 0 Å². The molecule has 17 heavy (non-hydrogen) atoms. The lowest BCUT2D eigenvalue weighted by atomic mass is 10.0. The Balaban J connectivity index is 2.08. The number of hydrogen-bond donors (Lipinski definition) is 1. The maximum absolute atomic E-state index is 12.1. The van der Waals surface area contributed by atoms with E-state index < -0.39 is 0 Å². The molecule has 2 saturated heterocycles. The van der Waals surface area contributed by atoms with Gasteiger partial charge in [-0.15, -0.1) is 0 Å². The van der Waals surface area contributed by atoms with Gasteiger partial charge in [-0.1, -0.05) is 0 Å². The molecule has 2 heterocycles. The van der Waals surface area contributed by atoms with Crippen molar-refractivity contribution in [1.29, 1.82) is 0 Å². The molecule has 0 aromatic heterocycles. The van der Waals surface area contributed by atoms with Gasteiger partial charge in [0.2, 0.25) is 5.91 Å². The molecule has 0 saturated carbocycles. The number of carbonyl (C=O) groups excluding carboxylic acids is 1. The van der Waals surface area contributed by atoms with Crippen molar-refractivity contribution in [3.05, 3.63) is 0 Å². The number of hydrogen-bond acceptors (Lipinski definition) is 3. The minimum atomic E-state index is 0.326. The lowest BCUT2D eigenvalue weighted by molar-refractivity contribution is -0.139. The van der Waals surface area contributed by atoms with E-state index in [-0.39, 0.29) is 0 Å². The van der Waals surface area contributed by atoms with Crippen LogP contribution < -0.4 is 5.32 Å². The van der Waals surface area contributed by atoms with Crippen molar-refractivity contribution in [2.45, 2.75) is 51.7 Å². The third-order valence-electron chi connectivity index (χ3n) is 3.90. The smallest absolute Gasteiger partial charge is 0.225 e. The Labute approximate surface area is 104 Å². The van der Waals surface area contributed by atoms with Gasteiger partial charge in [0.1, 0.15) is 0 Å². The zero-order chi connectivity index (χ0) is 12.3. The fourth-order valence-electron chi connectivity index (χ4n) is 2.98. The summed E-state index contributed by atoms with van der Waals surface area (Å²) in [6.45, 7) is 8.25. The molecular formula is C13H25N3O. The van der Waals surface area contributed by atoms with Gasteiger partial charge in [-0.05, 0) is 33.1 Å². The van der Waals surface area contributed by atoms with Gasteiger partial charge in [0, 0.05) is 38.6 Å². The van der Waals surface area contributed by atoms with Crippen molar-refractivity contribution >= 4 is 5.91 Å². The molecule has 0 aromatic rings. The number of piperidine rings is 1. The Morgan fingerprint density at radius 2 is 2.06 bits per heavy atom. The van der Waals surface area contributed by atoms with Crippen LogP contribution >= 0.6 is 0 Å². The average molecular weight is 239 g/mol. The summed E-state index contributed by atoms with van der Waals surface area (Å²) in [5, 5.41) is 3.31. The molecule has 2 rings (SSSR count). The highest BCUT2D eigenvalue weighted by molar-refractivity contribution is 5.77. The minimum absolute atomic E-state index is 0.326. The van der Waals surface area contributed by atoms with Crippen LogP contribution in [0, 0.1) is 0 Å². The van der Waals surface area contributed by atoms with Crippen molar-refractivity contribution < 1.29 is 4.79 Å². The molecule has 1 atom stereocenters. The highest BCUT2D eigenvalue weighted by Gasteiger charge is 2.32. The van der Waals surface area contributed by atoms with Crippen LogP contribution in [0.3, 0.4) is 0 Å². The molecule has 1 unspecified atom stereocenters. The van der Waals surface area contributed by atoms with Gasteiger partial charge in [-0.2, -0.15) is 0 Å². The summed E-state index contributed by atoms with van der Waals surface area (Å²) >= 11 is 0. The highest BCUT2D eigenvalue weighted by Crippen LogP contribution is 2.23. The highest BCUT2D eigenvalue weighted by atomic mass is 16.2. The Morgan fingerprint density at radius 3 is 2.82 bits per heavy atom. The summed E-state index contributed by atoms with van der Waals surface area (Å²) in [5.41, 5.74) is 0. The predicted molar refractivity (Wildman–Crippen MR) is 68.7 cm³/mol. The van der Waals surface area contributed by atoms with E-state index in [1.807, 2.05) is 0 Å². The molecular weight excluding hydrogens is 214 g/mol. The Morgan fingerprint density at radius 1 is 1.24 bits per heavy atom. The van der Waals surface area contributed by atoms with E-state index in [4.69, 9.17) is 0 Å². The van der Waals surface area contributed by atoms with E-state index >= 15 is 0 Å². The molecule has 98 valence electrons. The third kappa shape index (κ3) is 2.99. The van der Waals surface area contributed by atoms with E-state index in [2.05, 4.69) is 29.0 Å². The van der Waals surface area contributed by atoms with E-state index in [0.29, 0.717) is 24.5 Å². The number of rotatable bonds is 2. The van der Waals surface area contributed by atoms with E-state index in [1.54, 1.807) is 0 Å². The summed E-state index contributed by atoms with van der Waals surface area (Å²) < 4.78 is 0. The molecule has 2 fully saturated rings. The number of amides is 1. The lowest BCUT2D eigenvalue weighted by Gasteiger charge is -2.44. The molecule has 0 aromatic carbocycles. The van der Waals surface area contributed by atoms with Gasteiger partial charge in [0.05, 0.1) is 6.17 Å². The summed E-state index contributed by atoms with van der Waals surface area (Å²) in [4.78, 5) is 16.7. The molecule has 2 aliphatic heterocycles. The van der Waals surface area contributed by atoms with Crippen LogP contribution in [0.15, 0.2) is 0 Å². The monoisotopic (exact) mass is 239 g/mol. The minimum Gasteiger partial charge on any atom is -0.326 e. The zero-order valence-electron chi connectivity index (χ0n) is 11.1. The first-order valence-corrected chi connectivity index (χ1v) is 6.96. The van der Waals surface area contributed by atoms with Crippen LogP contribution in [0.4, 0.5) is 0 Å². The Hall–Kier alpha value is -0.610. The summed E-state index contributed by atoms with van der Waals surface area (Å²) in [7, 11) is 0. The van der Waals surface area contributed by atoms with Crippen LogP contribution in [0.2, 0.25) is 0 Å². The van der Waals surface area contributed by atoms with Crippen molar-refractivity contribution in [3.63, 3.8) is 0 Å². The average Bonchev–Trinajstić information content (AvgIpc) is 2.54. The first-order chi connectivity index (χ1) is 8.20. The summed E-state index contributed by atoms with van der Waals surface area (Å²) in [6.07, 6.45) is 4.67. The fraction of sp³-hybridized carbons (Fsp3) is 0.923. The second-order valence-electron chi connectivity index (χ2n) is 5.40. The Kier molecular flexibility index (Phi) is 4.40. The molecule has 0 aliphatic carbocycles. The van der Waals surface area contributed by atoms with Crippen LogP contribution in [0.5, 0.6) is 0 Å². The molecule has 4 heteroatoms. The lowest BCUT2D eigenvalue weighted by Crippen LogP contribution is -2.55. The van der Waals surface area contributed by atoms with Crippen LogP contribution in [0.25, 0.3) is 0 Å². The maximum atomic E-state index is 12.1. The zero-order valence-corrected chi connectivity index (χ0v) is 11.1. The topological polar surface area (TPSA) is 35.6 Å². The molecule has 0 radical (unpaired) electrons. The number of nitrogens with zero attached hydrogens (tertiary/aromatic N) is 2. The fourth-order valence-corrected chi connectivity index (χ4v) is 2.98. The maximum Gasteiger partial charge on any atom is 0.225 e. The van der Waals surface area contributed by atoms with Gasteiger partial charge >= 0.3 is 0 Å². The third-order valence-corrected chi connectivity index (χ3v) is 3.90. The molecule has 4 nitrogen and oxygen atoms in total. The van der Waals surface area contributed by atoms with Crippen LogP contribution in [-0.4, -0.2) is 54.1 Å². The standard InChI is InChI=1S/C13H25N3O/c1-11(2)15-9-4-3-5-12(15)16-10-8-14-7-6-13(16)17/h11-12,14H,3-10H2,1-2H3. The SMILES string of the molecule is CC(C)N1CCCCC1N1CCNCCC1=O. The normalized spacial score (nSPS) is 28.5. The largest absolute Gasteiger partial charge is 0.326 e. The second kappa shape index (κ2) is 5.83. The first kappa shape index (κ1) is 12.8. The van der Waals surface area contributed by atoms with Gasteiger partial charge in [-0.3, -0.25) is 9.69 Å². The van der Waals surface area contributed by atoms with E-state index in [9.17, 15) is 4.79 Å². The van der Waals surface area contributed by atoms with Gasteiger partial charge in [0.25, 0.3) is 0 Å². The first-order valence-electron chi connectivity index (χ1n) is 6.96. The van der Waals surface area contributed by atoms with Crippen molar-refractivity contribution in [3.8, 4) is 0 Å². The Bertz CT molecular complexity index is 267. The van der Waals surface area contributed by atoms with Crippen molar-refractivity contribution in [1.82, 2.24) is 15.1 Å². The summed E-state index contributed by atoms with van der Waals surface area (Å²) in [6, 6.07) is 0.532. The molecule has 0 bridgehead atoms. The van der Waals surface area contributed by atoms with E-state index in [0.717, 1.165) is 32.6 Å².